The predicted octanol–water partition coefficient (Wildman–Crippen LogP) is 6.78. The summed E-state index contributed by atoms with van der Waals surface area (Å²) in [6, 6.07) is 0. The summed E-state index contributed by atoms with van der Waals surface area (Å²) in [5, 5.41) is 0. The molecule has 0 rings (SSSR count). The molecule has 312 valence electrons. The third kappa shape index (κ3) is 74.9. The van der Waals surface area contributed by atoms with Gasteiger partial charge >= 0.3 is 52.6 Å². The summed E-state index contributed by atoms with van der Waals surface area (Å²) in [4.78, 5) is 0. The minimum atomic E-state index is -4.48. The molecular weight excluding hydrogens is 768 g/mol. The Morgan fingerprint density at radius 2 is 0.434 bits per heavy atom. The standard InChI is InChI=1S/3C12H26O4S.Mg.Na/c3*1-2-3-4-5-6-7-8-9-10-11-12-16-17(13,14)15;;/h3*2-12H2,1H3,(H,13,14,15);;/q;;;+2;+1/p-3. The quantitative estimate of drug-likeness (QED) is 0.0278. The third-order valence-corrected chi connectivity index (χ3v) is 9.54. The van der Waals surface area contributed by atoms with Gasteiger partial charge in [0.15, 0.2) is 0 Å². The van der Waals surface area contributed by atoms with E-state index in [0.29, 0.717) is 19.3 Å². The van der Waals surface area contributed by atoms with Gasteiger partial charge in [0, 0.05) is 0 Å². The van der Waals surface area contributed by atoms with E-state index in [-0.39, 0.29) is 72.4 Å². The Balaban J connectivity index is -0.000000213. The minimum Gasteiger partial charge on any atom is -0.726 e. The van der Waals surface area contributed by atoms with E-state index in [9.17, 15) is 38.9 Å². The summed E-state index contributed by atoms with van der Waals surface area (Å²) in [6.45, 7) is 6.73. The minimum absolute atomic E-state index is 0. The van der Waals surface area contributed by atoms with Crippen molar-refractivity contribution in [3.05, 3.63) is 0 Å². The van der Waals surface area contributed by atoms with Gasteiger partial charge in [-0.05, 0) is 19.3 Å². The molecular formula is C36H75MgNaO12S3. The van der Waals surface area contributed by atoms with Gasteiger partial charge in [0.25, 0.3) is 0 Å². The van der Waals surface area contributed by atoms with Crippen molar-refractivity contribution in [2.75, 3.05) is 19.8 Å². The molecule has 0 amide bonds. The molecule has 0 saturated heterocycles. The number of unbranched alkanes of at least 4 members (excludes halogenated alkanes) is 27. The van der Waals surface area contributed by atoms with E-state index in [2.05, 4.69) is 33.3 Å². The molecule has 0 aromatic carbocycles. The second-order valence-electron chi connectivity index (χ2n) is 13.2. The SMILES string of the molecule is CCCCCCCCCCCCOS(=O)(=O)[O-].CCCCCCCCCCCCOS(=O)(=O)[O-].CCCCCCCCCCCCOS(=O)(=O)[O-].[Mg+2].[Na+]. The van der Waals surface area contributed by atoms with Crippen molar-refractivity contribution in [3.63, 3.8) is 0 Å². The van der Waals surface area contributed by atoms with Crippen molar-refractivity contribution in [2.45, 2.75) is 213 Å². The molecule has 0 aliphatic carbocycles. The molecule has 0 fully saturated rings. The maximum atomic E-state index is 10.1. The van der Waals surface area contributed by atoms with Gasteiger partial charge in [0.05, 0.1) is 19.8 Å². The van der Waals surface area contributed by atoms with Crippen LogP contribution in [0.25, 0.3) is 0 Å². The first-order valence-electron chi connectivity index (χ1n) is 20.0. The zero-order chi connectivity index (χ0) is 39.0. The summed E-state index contributed by atoms with van der Waals surface area (Å²) in [7, 11) is -13.5. The van der Waals surface area contributed by atoms with E-state index in [1.807, 2.05) is 0 Å². The van der Waals surface area contributed by atoms with Crippen molar-refractivity contribution in [1.82, 2.24) is 0 Å². The first-order chi connectivity index (χ1) is 24.2. The molecule has 53 heavy (non-hydrogen) atoms. The van der Waals surface area contributed by atoms with Gasteiger partial charge in [-0.2, -0.15) is 0 Å². The molecule has 0 atom stereocenters. The first kappa shape index (κ1) is 63.5. The van der Waals surface area contributed by atoms with Crippen molar-refractivity contribution < 1.29 is 81.0 Å². The van der Waals surface area contributed by atoms with Crippen molar-refractivity contribution in [3.8, 4) is 0 Å². The summed E-state index contributed by atoms with van der Waals surface area (Å²) in [5.41, 5.74) is 0. The molecule has 0 heterocycles. The Morgan fingerprint density at radius 1 is 0.302 bits per heavy atom. The van der Waals surface area contributed by atoms with Crippen LogP contribution in [0.4, 0.5) is 0 Å². The van der Waals surface area contributed by atoms with Crippen LogP contribution in [0.2, 0.25) is 0 Å². The van der Waals surface area contributed by atoms with Gasteiger partial charge in [-0.3, -0.25) is 12.5 Å². The number of rotatable bonds is 36. The van der Waals surface area contributed by atoms with E-state index in [1.165, 1.54) is 135 Å². The Hall–Kier alpha value is 1.38. The Labute approximate surface area is 365 Å². The molecule has 0 bridgehead atoms. The van der Waals surface area contributed by atoms with Crippen LogP contribution in [-0.4, -0.2) is 81.8 Å². The fraction of sp³-hybridized carbons (Fsp3) is 1.00. The maximum Gasteiger partial charge on any atom is 2.00 e. The number of hydrogen-bond acceptors (Lipinski definition) is 12. The van der Waals surface area contributed by atoms with Crippen molar-refractivity contribution in [1.29, 1.82) is 0 Å². The summed E-state index contributed by atoms with van der Waals surface area (Å²) >= 11 is 0. The van der Waals surface area contributed by atoms with E-state index in [1.54, 1.807) is 0 Å². The van der Waals surface area contributed by atoms with Crippen LogP contribution in [0.1, 0.15) is 213 Å². The zero-order valence-electron chi connectivity index (χ0n) is 34.2. The molecule has 17 heteroatoms. The van der Waals surface area contributed by atoms with Gasteiger partial charge < -0.3 is 13.7 Å². The van der Waals surface area contributed by atoms with Crippen molar-refractivity contribution >= 4 is 54.2 Å². The smallest absolute Gasteiger partial charge is 0.726 e. The fourth-order valence-corrected chi connectivity index (χ4v) is 6.22. The molecule has 0 aromatic rings. The molecule has 0 aromatic heterocycles. The topological polar surface area (TPSA) is 199 Å². The van der Waals surface area contributed by atoms with E-state index in [4.69, 9.17) is 0 Å². The van der Waals surface area contributed by atoms with Crippen LogP contribution < -0.4 is 29.6 Å². The number of hydrogen-bond donors (Lipinski definition) is 0. The van der Waals surface area contributed by atoms with Crippen LogP contribution in [0, 0.1) is 0 Å². The van der Waals surface area contributed by atoms with E-state index >= 15 is 0 Å². The Bertz CT molecular complexity index is 890. The van der Waals surface area contributed by atoms with Crippen LogP contribution in [0.15, 0.2) is 0 Å². The van der Waals surface area contributed by atoms with Crippen molar-refractivity contribution in [2.24, 2.45) is 0 Å². The largest absolute Gasteiger partial charge is 2.00 e. The molecule has 0 saturated carbocycles. The van der Waals surface area contributed by atoms with Gasteiger partial charge in [-0.15, -0.1) is 0 Å². The van der Waals surface area contributed by atoms with Crippen LogP contribution in [-0.2, 0) is 43.7 Å². The molecule has 0 spiro atoms. The average molecular weight is 843 g/mol. The van der Waals surface area contributed by atoms with Crippen LogP contribution >= 0.6 is 0 Å². The van der Waals surface area contributed by atoms with Gasteiger partial charge in [0.1, 0.15) is 0 Å². The molecule has 0 radical (unpaired) electrons. The molecule has 12 nitrogen and oxygen atoms in total. The Morgan fingerprint density at radius 3 is 0.566 bits per heavy atom. The molecule has 0 N–H and O–H groups in total. The van der Waals surface area contributed by atoms with Crippen LogP contribution in [0.3, 0.4) is 0 Å². The fourth-order valence-electron chi connectivity index (χ4n) is 5.25. The van der Waals surface area contributed by atoms with Gasteiger partial charge in [0.2, 0.25) is 31.2 Å². The average Bonchev–Trinajstić information content (AvgIpc) is 3.04. The van der Waals surface area contributed by atoms with Gasteiger partial charge in [-0.25, -0.2) is 25.3 Å². The Kier molecular flexibility index (Phi) is 57.2. The molecule has 0 aliphatic heterocycles. The predicted molar refractivity (Wildman–Crippen MR) is 208 cm³/mol. The summed E-state index contributed by atoms with van der Waals surface area (Å²) in [5.74, 6) is 0. The molecule has 0 unspecified atom stereocenters. The first-order valence-corrected chi connectivity index (χ1v) is 24.0. The monoisotopic (exact) mass is 842 g/mol. The van der Waals surface area contributed by atoms with E-state index in [0.717, 1.165) is 38.5 Å². The third-order valence-electron chi connectivity index (χ3n) is 8.18. The zero-order valence-corrected chi connectivity index (χ0v) is 40.0. The van der Waals surface area contributed by atoms with E-state index < -0.39 is 31.2 Å². The molecule has 0 aliphatic rings. The normalized spacial score (nSPS) is 11.4. The second kappa shape index (κ2) is 47.7. The second-order valence-corrected chi connectivity index (χ2v) is 16.4. The van der Waals surface area contributed by atoms with Gasteiger partial charge in [-0.1, -0.05) is 194 Å². The summed E-state index contributed by atoms with van der Waals surface area (Å²) < 4.78 is 103. The summed E-state index contributed by atoms with van der Waals surface area (Å²) in [6.07, 6.45) is 35.1. The van der Waals surface area contributed by atoms with Crippen LogP contribution in [0.5, 0.6) is 0 Å². The maximum absolute atomic E-state index is 10.1.